The van der Waals surface area contributed by atoms with Crippen LogP contribution in [0.2, 0.25) is 0 Å². The van der Waals surface area contributed by atoms with Crippen molar-refractivity contribution in [3.8, 4) is 0 Å². The van der Waals surface area contributed by atoms with E-state index in [0.29, 0.717) is 17.8 Å². The zero-order valence-corrected chi connectivity index (χ0v) is 11.9. The normalized spacial score (nSPS) is 13.7. The van der Waals surface area contributed by atoms with Crippen molar-refractivity contribution in [3.05, 3.63) is 28.8 Å². The Labute approximate surface area is 118 Å². The van der Waals surface area contributed by atoms with Gasteiger partial charge in [-0.25, -0.2) is 0 Å². The van der Waals surface area contributed by atoms with Gasteiger partial charge < -0.3 is 5.32 Å². The predicted molar refractivity (Wildman–Crippen MR) is 75.9 cm³/mol. The summed E-state index contributed by atoms with van der Waals surface area (Å²) in [6.07, 6.45) is 0.827. The van der Waals surface area contributed by atoms with Gasteiger partial charge in [-0.05, 0) is 37.5 Å². The summed E-state index contributed by atoms with van der Waals surface area (Å²) < 4.78 is 0. The first kappa shape index (κ1) is 14.2. The van der Waals surface area contributed by atoms with Gasteiger partial charge in [-0.3, -0.25) is 19.3 Å². The van der Waals surface area contributed by atoms with Gasteiger partial charge in [0.25, 0.3) is 11.7 Å². The maximum absolute atomic E-state index is 12.0. The smallest absolute Gasteiger partial charge is 0.299 e. The van der Waals surface area contributed by atoms with E-state index in [-0.39, 0.29) is 12.5 Å². The second-order valence-electron chi connectivity index (χ2n) is 4.97. The maximum Gasteiger partial charge on any atom is 0.299 e. The highest BCUT2D eigenvalue weighted by atomic mass is 16.2. The van der Waals surface area contributed by atoms with E-state index in [1.54, 1.807) is 6.07 Å². The summed E-state index contributed by atoms with van der Waals surface area (Å²) in [5.41, 5.74) is 2.82. The summed E-state index contributed by atoms with van der Waals surface area (Å²) >= 11 is 0. The first-order valence-electron chi connectivity index (χ1n) is 6.70. The van der Waals surface area contributed by atoms with Crippen LogP contribution < -0.4 is 10.2 Å². The van der Waals surface area contributed by atoms with Gasteiger partial charge in [-0.2, -0.15) is 0 Å². The largest absolute Gasteiger partial charge is 0.355 e. The van der Waals surface area contributed by atoms with Crippen LogP contribution in [0.25, 0.3) is 0 Å². The Morgan fingerprint density at radius 2 is 1.95 bits per heavy atom. The number of carbonyl (C=O) groups excluding carboxylic acids is 3. The Balaban J connectivity index is 2.32. The van der Waals surface area contributed by atoms with Gasteiger partial charge in [-0.1, -0.05) is 13.0 Å². The standard InChI is InChI=1S/C15H18N2O3/c1-4-7-16-12(18)8-17-13-10(3)9(2)5-6-11(13)14(19)15(17)20/h5-6H,4,7-8H2,1-3H3,(H,16,18). The molecule has 2 amide bonds. The Morgan fingerprint density at radius 3 is 2.60 bits per heavy atom. The van der Waals surface area contributed by atoms with Gasteiger partial charge >= 0.3 is 0 Å². The third kappa shape index (κ3) is 2.31. The van der Waals surface area contributed by atoms with E-state index >= 15 is 0 Å². The molecule has 1 heterocycles. The molecule has 0 aromatic heterocycles. The van der Waals surface area contributed by atoms with Crippen molar-refractivity contribution in [2.45, 2.75) is 27.2 Å². The number of nitrogens with one attached hydrogen (secondary N) is 1. The van der Waals surface area contributed by atoms with Gasteiger partial charge in [0, 0.05) is 6.54 Å². The number of rotatable bonds is 4. The van der Waals surface area contributed by atoms with Crippen molar-refractivity contribution in [1.82, 2.24) is 5.32 Å². The SMILES string of the molecule is CCCNC(=O)CN1C(=O)C(=O)c2ccc(C)c(C)c21. The van der Waals surface area contributed by atoms with Crippen molar-refractivity contribution < 1.29 is 14.4 Å². The minimum Gasteiger partial charge on any atom is -0.355 e. The molecule has 1 N–H and O–H groups in total. The minimum absolute atomic E-state index is 0.109. The molecular weight excluding hydrogens is 256 g/mol. The molecule has 5 heteroatoms. The van der Waals surface area contributed by atoms with Crippen LogP contribution >= 0.6 is 0 Å². The van der Waals surface area contributed by atoms with Crippen LogP contribution in [0.15, 0.2) is 12.1 Å². The van der Waals surface area contributed by atoms with E-state index < -0.39 is 11.7 Å². The van der Waals surface area contributed by atoms with Crippen LogP contribution in [0.1, 0.15) is 34.8 Å². The number of ketones is 1. The lowest BCUT2D eigenvalue weighted by Gasteiger charge is -2.18. The number of nitrogens with zero attached hydrogens (tertiary/aromatic N) is 1. The summed E-state index contributed by atoms with van der Waals surface area (Å²) in [5.74, 6) is -1.41. The summed E-state index contributed by atoms with van der Waals surface area (Å²) in [4.78, 5) is 37.1. The van der Waals surface area contributed by atoms with Crippen molar-refractivity contribution in [2.75, 3.05) is 18.0 Å². The second-order valence-corrected chi connectivity index (χ2v) is 4.97. The number of aryl methyl sites for hydroxylation is 1. The highest BCUT2D eigenvalue weighted by Gasteiger charge is 2.38. The number of hydrogen-bond acceptors (Lipinski definition) is 3. The zero-order chi connectivity index (χ0) is 14.9. The topological polar surface area (TPSA) is 66.5 Å². The molecule has 0 bridgehead atoms. The fraction of sp³-hybridized carbons (Fsp3) is 0.400. The van der Waals surface area contributed by atoms with Gasteiger partial charge in [-0.15, -0.1) is 0 Å². The van der Waals surface area contributed by atoms with Crippen molar-refractivity contribution in [3.63, 3.8) is 0 Å². The summed E-state index contributed by atoms with van der Waals surface area (Å²) in [6, 6.07) is 3.47. The monoisotopic (exact) mass is 274 g/mol. The van der Waals surface area contributed by atoms with E-state index in [1.807, 2.05) is 26.8 Å². The Kier molecular flexibility index (Phi) is 3.88. The molecule has 0 atom stereocenters. The molecule has 5 nitrogen and oxygen atoms in total. The molecule has 0 saturated heterocycles. The molecule has 0 saturated carbocycles. The lowest BCUT2D eigenvalue weighted by Crippen LogP contribution is -2.40. The van der Waals surface area contributed by atoms with Gasteiger partial charge in [0.05, 0.1) is 11.3 Å². The lowest BCUT2D eigenvalue weighted by molar-refractivity contribution is -0.122. The van der Waals surface area contributed by atoms with E-state index in [0.717, 1.165) is 17.5 Å². The Morgan fingerprint density at radius 1 is 1.25 bits per heavy atom. The molecule has 0 spiro atoms. The van der Waals surface area contributed by atoms with Crippen LogP contribution in [0, 0.1) is 13.8 Å². The van der Waals surface area contributed by atoms with E-state index in [2.05, 4.69) is 5.32 Å². The molecule has 1 aromatic rings. The van der Waals surface area contributed by atoms with Crippen LogP contribution in [-0.2, 0) is 9.59 Å². The van der Waals surface area contributed by atoms with Crippen molar-refractivity contribution >= 4 is 23.3 Å². The van der Waals surface area contributed by atoms with Crippen LogP contribution in [0.4, 0.5) is 5.69 Å². The molecule has 1 aliphatic rings. The molecular formula is C15H18N2O3. The number of Topliss-reactive ketones (excluding diaryl/α,β-unsaturated/α-hetero) is 1. The van der Waals surface area contributed by atoms with Gasteiger partial charge in [0.15, 0.2) is 0 Å². The fourth-order valence-electron chi connectivity index (χ4n) is 2.29. The molecule has 20 heavy (non-hydrogen) atoms. The summed E-state index contributed by atoms with van der Waals surface area (Å²) in [6.45, 7) is 6.18. The van der Waals surface area contributed by atoms with Crippen LogP contribution in [0.5, 0.6) is 0 Å². The molecule has 1 aromatic carbocycles. The van der Waals surface area contributed by atoms with Crippen molar-refractivity contribution in [1.29, 1.82) is 0 Å². The summed E-state index contributed by atoms with van der Waals surface area (Å²) in [7, 11) is 0. The molecule has 0 aliphatic carbocycles. The Bertz CT molecular complexity index is 593. The highest BCUT2D eigenvalue weighted by Crippen LogP contribution is 2.33. The maximum atomic E-state index is 12.0. The van der Waals surface area contributed by atoms with Gasteiger partial charge in [0.1, 0.15) is 6.54 Å². The Hall–Kier alpha value is -2.17. The molecule has 1 aliphatic heterocycles. The predicted octanol–water partition coefficient (Wildman–Crippen LogP) is 1.36. The molecule has 2 rings (SSSR count). The first-order chi connectivity index (χ1) is 9.47. The van der Waals surface area contributed by atoms with Gasteiger partial charge in [0.2, 0.25) is 5.91 Å². The van der Waals surface area contributed by atoms with Crippen LogP contribution in [-0.4, -0.2) is 30.7 Å². The first-order valence-corrected chi connectivity index (χ1v) is 6.70. The molecule has 0 radical (unpaired) electrons. The molecule has 0 unspecified atom stereocenters. The minimum atomic E-state index is -0.625. The van der Waals surface area contributed by atoms with E-state index in [1.165, 1.54) is 4.90 Å². The third-order valence-corrected chi connectivity index (χ3v) is 3.53. The number of carbonyl (C=O) groups is 3. The third-order valence-electron chi connectivity index (χ3n) is 3.53. The fourth-order valence-corrected chi connectivity index (χ4v) is 2.29. The second kappa shape index (κ2) is 5.45. The van der Waals surface area contributed by atoms with Crippen LogP contribution in [0.3, 0.4) is 0 Å². The molecule has 0 fully saturated rings. The molecule has 106 valence electrons. The summed E-state index contributed by atoms with van der Waals surface area (Å²) in [5, 5.41) is 2.72. The average molecular weight is 274 g/mol. The lowest BCUT2D eigenvalue weighted by atomic mass is 10.0. The number of amides is 2. The number of hydrogen-bond donors (Lipinski definition) is 1. The average Bonchev–Trinajstić information content (AvgIpc) is 2.66. The van der Waals surface area contributed by atoms with Crippen molar-refractivity contribution in [2.24, 2.45) is 0 Å². The van der Waals surface area contributed by atoms with E-state index in [9.17, 15) is 14.4 Å². The van der Waals surface area contributed by atoms with E-state index in [4.69, 9.17) is 0 Å². The number of benzene rings is 1. The highest BCUT2D eigenvalue weighted by molar-refractivity contribution is 6.52. The zero-order valence-electron chi connectivity index (χ0n) is 11.9. The number of fused-ring (bicyclic) bond motifs is 1. The number of anilines is 1. The quantitative estimate of drug-likeness (QED) is 0.843.